The molecule has 0 aliphatic heterocycles. The van der Waals surface area contributed by atoms with E-state index >= 15 is 0 Å². The van der Waals surface area contributed by atoms with Crippen molar-refractivity contribution in [2.75, 3.05) is 0 Å². The van der Waals surface area contributed by atoms with Crippen LogP contribution < -0.4 is 4.74 Å². The number of hydrogen-bond acceptors (Lipinski definition) is 4. The van der Waals surface area contributed by atoms with E-state index in [9.17, 15) is 0 Å². The molecule has 0 unspecified atom stereocenters. The third-order valence-corrected chi connectivity index (χ3v) is 10.4. The minimum Gasteiger partial charge on any atom is -0.457 e. The zero-order valence-electron chi connectivity index (χ0n) is 31.0. The second-order valence-corrected chi connectivity index (χ2v) is 14.0. The van der Waals surface area contributed by atoms with Gasteiger partial charge in [0.15, 0.2) is 5.82 Å². The summed E-state index contributed by atoms with van der Waals surface area (Å²) in [4.78, 5) is 15.1. The van der Waals surface area contributed by atoms with Crippen LogP contribution in [0.1, 0.15) is 0 Å². The van der Waals surface area contributed by atoms with Crippen LogP contribution in [0.5, 0.6) is 11.5 Å². The SMILES string of the molecule is c1ccc(-c2cc(-c3ccc(Oc4ccc(-c5ccc(-c6nc7ccccc7c7c(-c8ccccc8)cccc67)cc5)cc4)cc3)nc(-c3ccccc3)n2)cc1. The van der Waals surface area contributed by atoms with Crippen LogP contribution in [-0.4, -0.2) is 15.0 Å². The number of aromatic nitrogens is 3. The average Bonchev–Trinajstić information content (AvgIpc) is 3.30. The number of benzene rings is 8. The molecular weight excluding hydrogens is 695 g/mol. The first-order valence-electron chi connectivity index (χ1n) is 19.1. The Labute approximate surface area is 331 Å². The minimum absolute atomic E-state index is 0.693. The van der Waals surface area contributed by atoms with Gasteiger partial charge in [-0.25, -0.2) is 15.0 Å². The summed E-state index contributed by atoms with van der Waals surface area (Å²) in [7, 11) is 0. The lowest BCUT2D eigenvalue weighted by atomic mass is 9.92. The normalized spacial score (nSPS) is 11.2. The maximum absolute atomic E-state index is 6.30. The summed E-state index contributed by atoms with van der Waals surface area (Å²) in [5.74, 6) is 2.21. The molecule has 10 aromatic rings. The number of para-hydroxylation sites is 1. The molecule has 0 saturated heterocycles. The van der Waals surface area contributed by atoms with Crippen LogP contribution in [0.25, 0.3) is 89.1 Å². The van der Waals surface area contributed by atoms with Crippen molar-refractivity contribution < 1.29 is 4.74 Å². The van der Waals surface area contributed by atoms with Gasteiger partial charge in [-0.1, -0.05) is 164 Å². The third-order valence-electron chi connectivity index (χ3n) is 10.4. The number of fused-ring (bicyclic) bond motifs is 3. The highest BCUT2D eigenvalue weighted by atomic mass is 16.5. The molecule has 0 aliphatic rings. The van der Waals surface area contributed by atoms with Crippen molar-refractivity contribution in [3.8, 4) is 78.9 Å². The Bertz CT molecular complexity index is 2930. The lowest BCUT2D eigenvalue weighted by molar-refractivity contribution is 0.483. The van der Waals surface area contributed by atoms with E-state index in [0.29, 0.717) is 5.82 Å². The van der Waals surface area contributed by atoms with Crippen molar-refractivity contribution in [1.29, 1.82) is 0 Å². The van der Waals surface area contributed by atoms with Gasteiger partial charge in [-0.05, 0) is 70.8 Å². The van der Waals surface area contributed by atoms with Crippen LogP contribution in [0.3, 0.4) is 0 Å². The number of ether oxygens (including phenoxy) is 1. The Morgan fingerprint density at radius 3 is 1.42 bits per heavy atom. The fourth-order valence-electron chi connectivity index (χ4n) is 7.52. The van der Waals surface area contributed by atoms with Gasteiger partial charge in [0, 0.05) is 38.4 Å². The summed E-state index contributed by atoms with van der Waals surface area (Å²) in [6.07, 6.45) is 0. The molecule has 0 N–H and O–H groups in total. The zero-order chi connectivity index (χ0) is 38.0. The molecule has 4 heteroatoms. The Kier molecular flexibility index (Phi) is 8.82. The fourth-order valence-corrected chi connectivity index (χ4v) is 7.52. The molecular formula is C53H35N3O. The van der Waals surface area contributed by atoms with Gasteiger partial charge in [0.25, 0.3) is 0 Å². The molecule has 0 bridgehead atoms. The first kappa shape index (κ1) is 33.8. The molecule has 10 rings (SSSR count). The monoisotopic (exact) mass is 729 g/mol. The number of hydrogen-bond donors (Lipinski definition) is 0. The fraction of sp³-hybridized carbons (Fsp3) is 0. The van der Waals surface area contributed by atoms with Crippen molar-refractivity contribution in [1.82, 2.24) is 15.0 Å². The van der Waals surface area contributed by atoms with Crippen LogP contribution in [0.2, 0.25) is 0 Å². The molecule has 8 aromatic carbocycles. The molecule has 57 heavy (non-hydrogen) atoms. The molecule has 0 fully saturated rings. The largest absolute Gasteiger partial charge is 0.457 e. The van der Waals surface area contributed by atoms with E-state index in [1.165, 1.54) is 16.5 Å². The first-order chi connectivity index (χ1) is 28.2. The van der Waals surface area contributed by atoms with Gasteiger partial charge in [0.1, 0.15) is 11.5 Å². The lowest BCUT2D eigenvalue weighted by Gasteiger charge is -2.14. The van der Waals surface area contributed by atoms with Gasteiger partial charge in [-0.15, -0.1) is 0 Å². The predicted molar refractivity (Wildman–Crippen MR) is 234 cm³/mol. The van der Waals surface area contributed by atoms with Crippen molar-refractivity contribution >= 4 is 21.7 Å². The van der Waals surface area contributed by atoms with Crippen LogP contribution in [0.15, 0.2) is 212 Å². The van der Waals surface area contributed by atoms with E-state index in [2.05, 4.69) is 121 Å². The molecule has 0 spiro atoms. The molecule has 2 heterocycles. The van der Waals surface area contributed by atoms with E-state index < -0.39 is 0 Å². The van der Waals surface area contributed by atoms with Gasteiger partial charge >= 0.3 is 0 Å². The summed E-state index contributed by atoms with van der Waals surface area (Å²) < 4.78 is 6.30. The maximum atomic E-state index is 6.30. The van der Waals surface area contributed by atoms with Crippen molar-refractivity contribution in [2.24, 2.45) is 0 Å². The molecule has 0 radical (unpaired) electrons. The summed E-state index contributed by atoms with van der Waals surface area (Å²) in [6.45, 7) is 0. The van der Waals surface area contributed by atoms with Crippen LogP contribution in [0.4, 0.5) is 0 Å². The molecule has 0 saturated carbocycles. The highest BCUT2D eigenvalue weighted by molar-refractivity contribution is 6.17. The standard InChI is InChI=1S/C53H35N3O/c1-4-13-38(14-5-1)45-20-12-21-47-51(45)46-19-10-11-22-48(46)54-52(47)41-25-23-36(24-26-41)37-27-31-43(32-28-37)57-44-33-29-40(30-34-44)50-35-49(39-15-6-2-7-16-39)55-53(56-50)42-17-8-3-9-18-42/h1-35H. The highest BCUT2D eigenvalue weighted by Gasteiger charge is 2.15. The Morgan fingerprint density at radius 1 is 0.316 bits per heavy atom. The van der Waals surface area contributed by atoms with E-state index in [-0.39, 0.29) is 0 Å². The van der Waals surface area contributed by atoms with Crippen molar-refractivity contribution in [2.45, 2.75) is 0 Å². The van der Waals surface area contributed by atoms with Gasteiger partial charge in [-0.3, -0.25) is 0 Å². The second kappa shape index (κ2) is 14.9. The summed E-state index contributed by atoms with van der Waals surface area (Å²) >= 11 is 0. The molecule has 268 valence electrons. The van der Waals surface area contributed by atoms with Gasteiger partial charge in [-0.2, -0.15) is 0 Å². The Balaban J connectivity index is 0.895. The van der Waals surface area contributed by atoms with Crippen LogP contribution in [-0.2, 0) is 0 Å². The average molecular weight is 730 g/mol. The third kappa shape index (κ3) is 6.81. The second-order valence-electron chi connectivity index (χ2n) is 14.0. The van der Waals surface area contributed by atoms with E-state index in [4.69, 9.17) is 19.7 Å². The number of rotatable bonds is 8. The topological polar surface area (TPSA) is 47.9 Å². The van der Waals surface area contributed by atoms with Gasteiger partial charge < -0.3 is 4.74 Å². The highest BCUT2D eigenvalue weighted by Crippen LogP contribution is 2.39. The van der Waals surface area contributed by atoms with Gasteiger partial charge in [0.2, 0.25) is 0 Å². The first-order valence-corrected chi connectivity index (χ1v) is 19.1. The smallest absolute Gasteiger partial charge is 0.160 e. The van der Waals surface area contributed by atoms with Crippen LogP contribution in [0, 0.1) is 0 Å². The van der Waals surface area contributed by atoms with E-state index in [0.717, 1.165) is 78.3 Å². The molecule has 0 aliphatic carbocycles. The van der Waals surface area contributed by atoms with Crippen LogP contribution >= 0.6 is 0 Å². The minimum atomic E-state index is 0.693. The zero-order valence-corrected chi connectivity index (χ0v) is 31.0. The number of nitrogens with zero attached hydrogens (tertiary/aromatic N) is 3. The summed E-state index contributed by atoms with van der Waals surface area (Å²) in [6, 6.07) is 73.0. The molecule has 2 aromatic heterocycles. The Hall–Kier alpha value is -7.69. The van der Waals surface area contributed by atoms with Crippen molar-refractivity contribution in [3.05, 3.63) is 212 Å². The van der Waals surface area contributed by atoms with Gasteiger partial charge in [0.05, 0.1) is 22.6 Å². The Morgan fingerprint density at radius 2 is 0.789 bits per heavy atom. The summed E-state index contributed by atoms with van der Waals surface area (Å²) in [5, 5.41) is 3.52. The van der Waals surface area contributed by atoms with E-state index in [1.807, 2.05) is 91.0 Å². The quantitative estimate of drug-likeness (QED) is 0.146. The number of pyridine rings is 1. The van der Waals surface area contributed by atoms with E-state index in [1.54, 1.807) is 0 Å². The molecule has 0 atom stereocenters. The molecule has 0 amide bonds. The maximum Gasteiger partial charge on any atom is 0.160 e. The summed E-state index contributed by atoms with van der Waals surface area (Å²) in [5.41, 5.74) is 12.4. The predicted octanol–water partition coefficient (Wildman–Crippen LogP) is 14.0. The lowest BCUT2D eigenvalue weighted by Crippen LogP contribution is -1.95. The van der Waals surface area contributed by atoms with Crippen molar-refractivity contribution in [3.63, 3.8) is 0 Å². The molecule has 4 nitrogen and oxygen atoms in total.